The number of benzene rings is 1. The largest absolute Gasteiger partial charge is 0.300 e. The number of rotatable bonds is 3. The van der Waals surface area contributed by atoms with Crippen molar-refractivity contribution in [1.82, 2.24) is 15.3 Å². The van der Waals surface area contributed by atoms with E-state index < -0.39 is 5.91 Å². The third kappa shape index (κ3) is 3.18. The van der Waals surface area contributed by atoms with Gasteiger partial charge in [-0.05, 0) is 62.8 Å². The second kappa shape index (κ2) is 6.67. The minimum Gasteiger partial charge on any atom is -0.300 e. The van der Waals surface area contributed by atoms with Crippen molar-refractivity contribution in [2.24, 2.45) is 5.92 Å². The molecule has 3 aliphatic rings. The highest BCUT2D eigenvalue weighted by Crippen LogP contribution is 2.38. The van der Waals surface area contributed by atoms with Crippen molar-refractivity contribution in [3.8, 4) is 0 Å². The third-order valence-corrected chi connectivity index (χ3v) is 6.44. The van der Waals surface area contributed by atoms with E-state index >= 15 is 0 Å². The number of nitrogens with zero attached hydrogens (tertiary/aromatic N) is 2. The summed E-state index contributed by atoms with van der Waals surface area (Å²) in [6.45, 7) is 2.56. The number of halogens is 1. The van der Waals surface area contributed by atoms with Gasteiger partial charge in [-0.3, -0.25) is 14.9 Å². The van der Waals surface area contributed by atoms with Gasteiger partial charge in [0.25, 0.3) is 5.91 Å². The molecule has 3 aliphatic heterocycles. The molecule has 1 aromatic rings. The number of hydrogen-bond acceptors (Lipinski definition) is 4. The lowest BCUT2D eigenvalue weighted by atomic mass is 9.89. The van der Waals surface area contributed by atoms with E-state index in [-0.39, 0.29) is 11.4 Å². The number of amides is 1. The predicted octanol–water partition coefficient (Wildman–Crippen LogP) is 2.18. The van der Waals surface area contributed by atoms with E-state index in [0.717, 1.165) is 37.2 Å². The van der Waals surface area contributed by atoms with Gasteiger partial charge in [-0.2, -0.15) is 0 Å². The molecule has 3 heterocycles. The number of nitrogens with one attached hydrogen (secondary N) is 1. The Hall–Kier alpha value is -1.50. The van der Waals surface area contributed by atoms with Crippen LogP contribution < -0.4 is 5.48 Å². The molecule has 2 N–H and O–H groups in total. The first-order chi connectivity index (χ1) is 12.0. The van der Waals surface area contributed by atoms with E-state index in [1.165, 1.54) is 31.7 Å². The van der Waals surface area contributed by atoms with Gasteiger partial charge in [-0.15, -0.1) is 0 Å². The molecule has 5 nitrogen and oxygen atoms in total. The standard InChI is InChI=1S/C19H26FN3O2/c1-22-15-2-3-16(22)7-12(6-15)10-23-5-4-13-8-14(19(24)21-25)9-18(20)17(13)11-23/h8-9,12,15-16,25H,2-7,10-11H2,1H3,(H,21,24). The summed E-state index contributed by atoms with van der Waals surface area (Å²) in [4.78, 5) is 16.4. The van der Waals surface area contributed by atoms with Crippen LogP contribution in [-0.2, 0) is 13.0 Å². The summed E-state index contributed by atoms with van der Waals surface area (Å²) in [7, 11) is 2.26. The molecule has 0 aliphatic carbocycles. The van der Waals surface area contributed by atoms with Crippen molar-refractivity contribution < 1.29 is 14.4 Å². The fourth-order valence-corrected chi connectivity index (χ4v) is 5.06. The molecular weight excluding hydrogens is 321 g/mol. The quantitative estimate of drug-likeness (QED) is 0.650. The Balaban J connectivity index is 1.44. The van der Waals surface area contributed by atoms with Crippen molar-refractivity contribution >= 4 is 5.91 Å². The fourth-order valence-electron chi connectivity index (χ4n) is 5.06. The lowest BCUT2D eigenvalue weighted by Crippen LogP contribution is -2.44. The van der Waals surface area contributed by atoms with E-state index in [4.69, 9.17) is 5.21 Å². The number of hydroxylamine groups is 1. The van der Waals surface area contributed by atoms with Gasteiger partial charge in [0, 0.05) is 42.8 Å². The molecular formula is C19H26FN3O2. The topological polar surface area (TPSA) is 55.8 Å². The van der Waals surface area contributed by atoms with Crippen molar-refractivity contribution in [2.45, 2.75) is 50.7 Å². The monoisotopic (exact) mass is 347 g/mol. The fraction of sp³-hybridized carbons (Fsp3) is 0.632. The van der Waals surface area contributed by atoms with Gasteiger partial charge in [0.2, 0.25) is 0 Å². The molecule has 0 aromatic heterocycles. The zero-order valence-corrected chi connectivity index (χ0v) is 14.7. The molecule has 2 saturated heterocycles. The first-order valence-corrected chi connectivity index (χ1v) is 9.25. The van der Waals surface area contributed by atoms with E-state index in [9.17, 15) is 9.18 Å². The van der Waals surface area contributed by atoms with E-state index in [0.29, 0.717) is 18.0 Å². The van der Waals surface area contributed by atoms with Gasteiger partial charge < -0.3 is 4.90 Å². The van der Waals surface area contributed by atoms with E-state index in [1.807, 2.05) is 0 Å². The smallest absolute Gasteiger partial charge is 0.274 e. The highest BCUT2D eigenvalue weighted by molar-refractivity contribution is 5.93. The molecule has 6 heteroatoms. The van der Waals surface area contributed by atoms with Gasteiger partial charge in [0.1, 0.15) is 5.82 Å². The predicted molar refractivity (Wildman–Crippen MR) is 91.9 cm³/mol. The van der Waals surface area contributed by atoms with Crippen molar-refractivity contribution in [3.05, 3.63) is 34.6 Å². The van der Waals surface area contributed by atoms with Crippen LogP contribution in [0.4, 0.5) is 4.39 Å². The van der Waals surface area contributed by atoms with Crippen LogP contribution in [0.25, 0.3) is 0 Å². The molecule has 0 spiro atoms. The summed E-state index contributed by atoms with van der Waals surface area (Å²) in [5.41, 5.74) is 3.35. The Morgan fingerprint density at radius 2 is 2.04 bits per heavy atom. The third-order valence-electron chi connectivity index (χ3n) is 6.44. The minimum atomic E-state index is -0.661. The van der Waals surface area contributed by atoms with Crippen LogP contribution >= 0.6 is 0 Å². The molecule has 2 atom stereocenters. The maximum absolute atomic E-state index is 14.5. The van der Waals surface area contributed by atoms with Crippen LogP contribution in [0.15, 0.2) is 12.1 Å². The Kier molecular flexibility index (Phi) is 4.52. The molecule has 1 aromatic carbocycles. The van der Waals surface area contributed by atoms with Crippen LogP contribution in [0.2, 0.25) is 0 Å². The summed E-state index contributed by atoms with van der Waals surface area (Å²) in [6, 6.07) is 4.40. The first kappa shape index (κ1) is 16.9. The van der Waals surface area contributed by atoms with Crippen LogP contribution in [0.3, 0.4) is 0 Å². The molecule has 136 valence electrons. The van der Waals surface area contributed by atoms with Crippen molar-refractivity contribution in [3.63, 3.8) is 0 Å². The minimum absolute atomic E-state index is 0.180. The van der Waals surface area contributed by atoms with Gasteiger partial charge in [-0.1, -0.05) is 0 Å². The highest BCUT2D eigenvalue weighted by atomic mass is 19.1. The van der Waals surface area contributed by atoms with Crippen molar-refractivity contribution in [1.29, 1.82) is 0 Å². The zero-order chi connectivity index (χ0) is 17.6. The van der Waals surface area contributed by atoms with E-state index in [1.54, 1.807) is 11.5 Å². The summed E-state index contributed by atoms with van der Waals surface area (Å²) >= 11 is 0. The maximum atomic E-state index is 14.5. The van der Waals surface area contributed by atoms with Crippen LogP contribution in [0.5, 0.6) is 0 Å². The Morgan fingerprint density at radius 3 is 2.72 bits per heavy atom. The number of hydrogen-bond donors (Lipinski definition) is 2. The molecule has 0 saturated carbocycles. The van der Waals surface area contributed by atoms with Gasteiger partial charge in [0.15, 0.2) is 0 Å². The number of piperidine rings is 1. The maximum Gasteiger partial charge on any atom is 0.274 e. The summed E-state index contributed by atoms with van der Waals surface area (Å²) in [5, 5.41) is 8.74. The lowest BCUT2D eigenvalue weighted by molar-refractivity contribution is 0.0705. The normalized spacial score (nSPS) is 29.5. The van der Waals surface area contributed by atoms with Crippen LogP contribution in [0, 0.1) is 11.7 Å². The molecule has 2 unspecified atom stereocenters. The van der Waals surface area contributed by atoms with Crippen molar-refractivity contribution in [2.75, 3.05) is 20.1 Å². The second-order valence-electron chi connectivity index (χ2n) is 7.91. The number of fused-ring (bicyclic) bond motifs is 3. The van der Waals surface area contributed by atoms with Gasteiger partial charge >= 0.3 is 0 Å². The molecule has 1 amide bonds. The average molecular weight is 347 g/mol. The number of carbonyl (C=O) groups is 1. The Labute approximate surface area is 147 Å². The van der Waals surface area contributed by atoms with E-state index in [2.05, 4.69) is 16.8 Å². The van der Waals surface area contributed by atoms with Crippen LogP contribution in [0.1, 0.15) is 47.2 Å². The molecule has 2 bridgehead atoms. The molecule has 0 radical (unpaired) electrons. The SMILES string of the molecule is CN1C2CCC1CC(CN1CCc3cc(C(=O)NO)cc(F)c3C1)C2. The van der Waals surface area contributed by atoms with Gasteiger partial charge in [-0.25, -0.2) is 9.87 Å². The van der Waals surface area contributed by atoms with Gasteiger partial charge in [0.05, 0.1) is 0 Å². The Morgan fingerprint density at radius 1 is 1.32 bits per heavy atom. The molecule has 4 rings (SSSR count). The molecule has 25 heavy (non-hydrogen) atoms. The second-order valence-corrected chi connectivity index (χ2v) is 7.91. The van der Waals surface area contributed by atoms with Crippen LogP contribution in [-0.4, -0.2) is 53.1 Å². The number of carbonyl (C=O) groups excluding carboxylic acids is 1. The summed E-state index contributed by atoms with van der Waals surface area (Å²) < 4.78 is 14.5. The molecule has 2 fully saturated rings. The summed E-state index contributed by atoms with van der Waals surface area (Å²) in [6.07, 6.45) is 5.91. The Bertz CT molecular complexity index is 667. The highest BCUT2D eigenvalue weighted by Gasteiger charge is 2.39. The lowest BCUT2D eigenvalue weighted by Gasteiger charge is -2.39. The zero-order valence-electron chi connectivity index (χ0n) is 14.7. The average Bonchev–Trinajstić information content (AvgIpc) is 2.83. The summed E-state index contributed by atoms with van der Waals surface area (Å²) in [5.74, 6) is -0.298. The first-order valence-electron chi connectivity index (χ1n) is 9.25.